The minimum absolute atomic E-state index is 0.0149. The van der Waals surface area contributed by atoms with Crippen LogP contribution in [0.25, 0.3) is 0 Å². The number of hydrogen-bond acceptors (Lipinski definition) is 4. The lowest BCUT2D eigenvalue weighted by atomic mass is 10.0. The van der Waals surface area contributed by atoms with Crippen LogP contribution in [0.4, 0.5) is 4.39 Å². The van der Waals surface area contributed by atoms with Crippen LogP contribution in [0.5, 0.6) is 5.75 Å². The Morgan fingerprint density at radius 1 is 1.08 bits per heavy atom. The standard InChI is InChI=1S/C18H19FN2O3S/c19-13-2-1-3-18(10-13)25(22,23)21-14-4-5-15(21)12-17(11-14)24-16-6-8-20-9-7-16/h1-3,6-10,14-15,17H,4-5,11-12H2. The maximum Gasteiger partial charge on any atom is 0.243 e. The molecule has 0 radical (unpaired) electrons. The van der Waals surface area contributed by atoms with Crippen molar-refractivity contribution in [3.05, 3.63) is 54.6 Å². The highest BCUT2D eigenvalue weighted by Gasteiger charge is 2.47. The molecule has 0 amide bonds. The number of piperidine rings is 1. The largest absolute Gasteiger partial charge is 0.490 e. The third-order valence-corrected chi connectivity index (χ3v) is 6.95. The van der Waals surface area contributed by atoms with Crippen molar-refractivity contribution in [1.82, 2.24) is 9.29 Å². The summed E-state index contributed by atoms with van der Waals surface area (Å²) in [6, 6.07) is 8.64. The zero-order valence-corrected chi connectivity index (χ0v) is 14.4. The fraction of sp³-hybridized carbons (Fsp3) is 0.389. The molecule has 1 aromatic heterocycles. The van der Waals surface area contributed by atoms with Gasteiger partial charge in [-0.05, 0) is 43.2 Å². The maximum absolute atomic E-state index is 13.5. The van der Waals surface area contributed by atoms with Gasteiger partial charge in [0.25, 0.3) is 0 Å². The van der Waals surface area contributed by atoms with E-state index in [4.69, 9.17) is 4.74 Å². The van der Waals surface area contributed by atoms with Gasteiger partial charge in [-0.2, -0.15) is 4.31 Å². The second-order valence-corrected chi connectivity index (χ2v) is 8.41. The van der Waals surface area contributed by atoms with Crippen molar-refractivity contribution in [2.45, 2.75) is 48.8 Å². The van der Waals surface area contributed by atoms with Crippen molar-refractivity contribution in [2.24, 2.45) is 0 Å². The van der Waals surface area contributed by atoms with Gasteiger partial charge in [0, 0.05) is 37.3 Å². The number of hydrogen-bond donors (Lipinski definition) is 0. The van der Waals surface area contributed by atoms with Crippen molar-refractivity contribution in [2.75, 3.05) is 0 Å². The average Bonchev–Trinajstić information content (AvgIpc) is 2.88. The summed E-state index contributed by atoms with van der Waals surface area (Å²) in [6.45, 7) is 0. The monoisotopic (exact) mass is 362 g/mol. The second-order valence-electron chi connectivity index (χ2n) is 6.57. The van der Waals surface area contributed by atoms with Gasteiger partial charge in [0.2, 0.25) is 10.0 Å². The number of rotatable bonds is 4. The minimum Gasteiger partial charge on any atom is -0.490 e. The summed E-state index contributed by atoms with van der Waals surface area (Å²) in [5.74, 6) is 0.213. The second kappa shape index (κ2) is 6.38. The smallest absolute Gasteiger partial charge is 0.243 e. The molecule has 25 heavy (non-hydrogen) atoms. The van der Waals surface area contributed by atoms with Crippen molar-refractivity contribution in [1.29, 1.82) is 0 Å². The molecule has 1 aromatic carbocycles. The van der Waals surface area contributed by atoms with Gasteiger partial charge in [0.05, 0.1) is 4.90 Å². The Labute approximate surface area is 146 Å². The molecule has 2 fully saturated rings. The molecule has 2 atom stereocenters. The Kier molecular flexibility index (Phi) is 4.21. The molecule has 2 unspecified atom stereocenters. The van der Waals surface area contributed by atoms with Gasteiger partial charge >= 0.3 is 0 Å². The number of halogens is 1. The SMILES string of the molecule is O=S(=O)(c1cccc(F)c1)N1C2CCC1CC(Oc1ccncc1)C2. The fourth-order valence-electron chi connectivity index (χ4n) is 3.93. The van der Waals surface area contributed by atoms with Crippen molar-refractivity contribution in [3.8, 4) is 5.75 Å². The number of nitrogens with zero attached hydrogens (tertiary/aromatic N) is 2. The van der Waals surface area contributed by atoms with Crippen LogP contribution in [-0.2, 0) is 10.0 Å². The summed E-state index contributed by atoms with van der Waals surface area (Å²) in [7, 11) is -3.69. The molecule has 7 heteroatoms. The summed E-state index contributed by atoms with van der Waals surface area (Å²) in [5.41, 5.74) is 0. The normalized spacial score (nSPS) is 26.5. The molecule has 5 nitrogen and oxygen atoms in total. The van der Waals surface area contributed by atoms with E-state index in [-0.39, 0.29) is 23.1 Å². The van der Waals surface area contributed by atoms with Crippen LogP contribution >= 0.6 is 0 Å². The molecule has 0 aliphatic carbocycles. The van der Waals surface area contributed by atoms with E-state index in [2.05, 4.69) is 4.98 Å². The van der Waals surface area contributed by atoms with Gasteiger partial charge in [-0.15, -0.1) is 0 Å². The van der Waals surface area contributed by atoms with Crippen LogP contribution in [0.1, 0.15) is 25.7 Å². The van der Waals surface area contributed by atoms with Gasteiger partial charge in [-0.25, -0.2) is 12.8 Å². The Morgan fingerprint density at radius 2 is 1.76 bits per heavy atom. The van der Waals surface area contributed by atoms with Crippen LogP contribution in [0.3, 0.4) is 0 Å². The molecule has 2 aromatic rings. The Morgan fingerprint density at radius 3 is 2.40 bits per heavy atom. The topological polar surface area (TPSA) is 59.5 Å². The maximum atomic E-state index is 13.5. The molecular weight excluding hydrogens is 343 g/mol. The summed E-state index contributed by atoms with van der Waals surface area (Å²) in [5, 5.41) is 0. The minimum atomic E-state index is -3.69. The first-order chi connectivity index (χ1) is 12.0. The Balaban J connectivity index is 1.54. The zero-order valence-electron chi connectivity index (χ0n) is 13.6. The molecule has 132 valence electrons. The number of sulfonamides is 1. The lowest BCUT2D eigenvalue weighted by Crippen LogP contribution is -2.49. The van der Waals surface area contributed by atoms with E-state index in [1.54, 1.807) is 28.8 Å². The lowest BCUT2D eigenvalue weighted by molar-refractivity contribution is 0.0956. The predicted octanol–water partition coefficient (Wildman–Crippen LogP) is 2.98. The van der Waals surface area contributed by atoms with E-state index in [1.165, 1.54) is 18.2 Å². The number of aromatic nitrogens is 1. The first kappa shape index (κ1) is 16.5. The quantitative estimate of drug-likeness (QED) is 0.839. The van der Waals surface area contributed by atoms with E-state index in [0.717, 1.165) is 24.7 Å². The molecule has 2 aliphatic heterocycles. The fourth-order valence-corrected chi connectivity index (χ4v) is 5.85. The number of fused-ring (bicyclic) bond motifs is 2. The summed E-state index contributed by atoms with van der Waals surface area (Å²) in [6.07, 6.45) is 6.26. The van der Waals surface area contributed by atoms with Gasteiger partial charge < -0.3 is 4.74 Å². The van der Waals surface area contributed by atoms with Crippen LogP contribution in [0.15, 0.2) is 53.7 Å². The summed E-state index contributed by atoms with van der Waals surface area (Å²) in [4.78, 5) is 3.99. The highest BCUT2D eigenvalue weighted by atomic mass is 32.2. The molecule has 2 aliphatic rings. The van der Waals surface area contributed by atoms with Gasteiger partial charge in [-0.1, -0.05) is 6.07 Å². The molecular formula is C18H19FN2O3S. The number of ether oxygens (including phenoxy) is 1. The van der Waals surface area contributed by atoms with Crippen LogP contribution in [0.2, 0.25) is 0 Å². The van der Waals surface area contributed by atoms with E-state index >= 15 is 0 Å². The van der Waals surface area contributed by atoms with E-state index < -0.39 is 15.8 Å². The van der Waals surface area contributed by atoms with Crippen LogP contribution in [-0.4, -0.2) is 35.9 Å². The van der Waals surface area contributed by atoms with Gasteiger partial charge in [0.15, 0.2) is 0 Å². The highest BCUT2D eigenvalue weighted by Crippen LogP contribution is 2.40. The number of benzene rings is 1. The molecule has 0 spiro atoms. The molecule has 0 N–H and O–H groups in total. The summed E-state index contributed by atoms with van der Waals surface area (Å²) >= 11 is 0. The van der Waals surface area contributed by atoms with E-state index in [0.29, 0.717) is 12.8 Å². The first-order valence-corrected chi connectivity index (χ1v) is 9.84. The van der Waals surface area contributed by atoms with Crippen molar-refractivity contribution in [3.63, 3.8) is 0 Å². The third-order valence-electron chi connectivity index (χ3n) is 4.95. The van der Waals surface area contributed by atoms with Gasteiger partial charge in [0.1, 0.15) is 17.7 Å². The van der Waals surface area contributed by atoms with Crippen molar-refractivity contribution >= 4 is 10.0 Å². The van der Waals surface area contributed by atoms with E-state index in [9.17, 15) is 12.8 Å². The van der Waals surface area contributed by atoms with Crippen LogP contribution < -0.4 is 4.74 Å². The Bertz CT molecular complexity index is 846. The average molecular weight is 362 g/mol. The van der Waals surface area contributed by atoms with Crippen molar-refractivity contribution < 1.29 is 17.5 Å². The first-order valence-electron chi connectivity index (χ1n) is 8.40. The van der Waals surface area contributed by atoms with Gasteiger partial charge in [-0.3, -0.25) is 4.98 Å². The van der Waals surface area contributed by atoms with Crippen LogP contribution in [0, 0.1) is 5.82 Å². The predicted molar refractivity (Wildman–Crippen MR) is 90.1 cm³/mol. The number of pyridine rings is 1. The molecule has 4 rings (SSSR count). The molecule has 0 saturated carbocycles. The molecule has 2 bridgehead atoms. The van der Waals surface area contributed by atoms with E-state index in [1.807, 2.05) is 0 Å². The summed E-state index contributed by atoms with van der Waals surface area (Å²) < 4.78 is 47.0. The highest BCUT2D eigenvalue weighted by molar-refractivity contribution is 7.89. The zero-order chi connectivity index (χ0) is 17.4. The Hall–Kier alpha value is -1.99. The third kappa shape index (κ3) is 3.14. The molecule has 3 heterocycles. The lowest BCUT2D eigenvalue weighted by Gasteiger charge is -2.37. The molecule has 2 saturated heterocycles.